The normalized spacial score (nSPS) is 20.4. The van der Waals surface area contributed by atoms with Crippen LogP contribution in [0.25, 0.3) is 0 Å². The third kappa shape index (κ3) is 4.09. The van der Waals surface area contributed by atoms with Crippen LogP contribution in [0.4, 0.5) is 9.18 Å². The Bertz CT molecular complexity index is 828. The maximum atomic E-state index is 13.1. The molecule has 8 nitrogen and oxygen atoms in total. The Kier molecular flexibility index (Phi) is 6.17. The third-order valence-electron chi connectivity index (χ3n) is 4.48. The van der Waals surface area contributed by atoms with Crippen molar-refractivity contribution in [3.05, 3.63) is 47.4 Å². The molecular weight excluding hydrogens is 377 g/mol. The van der Waals surface area contributed by atoms with Gasteiger partial charge in [0.1, 0.15) is 17.9 Å². The maximum Gasteiger partial charge on any atom is 0.325 e. The molecule has 0 aliphatic carbocycles. The van der Waals surface area contributed by atoms with Crippen LogP contribution in [0.3, 0.4) is 0 Å². The summed E-state index contributed by atoms with van der Waals surface area (Å²) in [5.74, 6) is -0.206. The Labute approximate surface area is 161 Å². The van der Waals surface area contributed by atoms with Crippen molar-refractivity contribution in [1.82, 2.24) is 25.7 Å². The molecule has 1 aliphatic rings. The Hall–Kier alpha value is -2.52. The molecule has 10 heteroatoms. The summed E-state index contributed by atoms with van der Waals surface area (Å²) in [4.78, 5) is 30.3. The summed E-state index contributed by atoms with van der Waals surface area (Å²) < 4.78 is 18.3. The van der Waals surface area contributed by atoms with Crippen molar-refractivity contribution in [3.63, 3.8) is 0 Å². The van der Waals surface area contributed by atoms with Crippen LogP contribution in [0.2, 0.25) is 0 Å². The number of carbonyl (C=O) groups is 2. The summed E-state index contributed by atoms with van der Waals surface area (Å²) in [6.45, 7) is 3.43. The highest BCUT2D eigenvalue weighted by Gasteiger charge is 2.49. The molecule has 2 atom stereocenters. The molecule has 2 N–H and O–H groups in total. The zero-order valence-electron chi connectivity index (χ0n) is 15.2. The summed E-state index contributed by atoms with van der Waals surface area (Å²) in [5.41, 5.74) is -0.775. The molecule has 0 saturated carbocycles. The first-order valence-electron chi connectivity index (χ1n) is 8.22. The van der Waals surface area contributed by atoms with Crippen molar-refractivity contribution in [2.45, 2.75) is 38.4 Å². The van der Waals surface area contributed by atoms with E-state index in [1.54, 1.807) is 6.92 Å². The number of imide groups is 1. The predicted molar refractivity (Wildman–Crippen MR) is 96.6 cm³/mol. The average molecular weight is 398 g/mol. The molecule has 0 bridgehead atoms. The first-order chi connectivity index (χ1) is 12.3. The molecule has 1 saturated heterocycles. The number of nitrogens with zero attached hydrogens (tertiary/aromatic N) is 3. The van der Waals surface area contributed by atoms with Gasteiger partial charge in [0.05, 0.1) is 0 Å². The zero-order valence-corrected chi connectivity index (χ0v) is 16.0. The first kappa shape index (κ1) is 20.8. The van der Waals surface area contributed by atoms with Gasteiger partial charge in [-0.3, -0.25) is 9.69 Å². The molecule has 146 valence electrons. The second-order valence-electron chi connectivity index (χ2n) is 6.45. The number of carbonyl (C=O) groups excluding carboxylic acids is 2. The number of halogens is 2. The lowest BCUT2D eigenvalue weighted by atomic mass is 9.92. The van der Waals surface area contributed by atoms with E-state index in [9.17, 15) is 14.0 Å². The number of aromatic nitrogens is 2. The van der Waals surface area contributed by atoms with Crippen LogP contribution in [0.1, 0.15) is 31.1 Å². The van der Waals surface area contributed by atoms with Crippen molar-refractivity contribution < 1.29 is 18.5 Å². The lowest BCUT2D eigenvalue weighted by Crippen LogP contribution is -2.40. The quantitative estimate of drug-likeness (QED) is 0.720. The molecule has 3 rings (SSSR count). The van der Waals surface area contributed by atoms with E-state index in [-0.39, 0.29) is 30.9 Å². The lowest BCUT2D eigenvalue weighted by Gasteiger charge is -2.21. The van der Waals surface area contributed by atoms with E-state index in [1.165, 1.54) is 24.3 Å². The fourth-order valence-corrected chi connectivity index (χ4v) is 2.77. The van der Waals surface area contributed by atoms with Gasteiger partial charge in [-0.25, -0.2) is 9.18 Å². The maximum absolute atomic E-state index is 13.1. The molecule has 3 amide bonds. The van der Waals surface area contributed by atoms with Crippen LogP contribution < -0.4 is 10.6 Å². The van der Waals surface area contributed by atoms with E-state index in [1.807, 2.05) is 14.0 Å². The monoisotopic (exact) mass is 397 g/mol. The van der Waals surface area contributed by atoms with E-state index in [4.69, 9.17) is 4.52 Å². The van der Waals surface area contributed by atoms with E-state index >= 15 is 0 Å². The molecule has 0 radical (unpaired) electrons. The second-order valence-corrected chi connectivity index (χ2v) is 6.45. The number of rotatable bonds is 6. The minimum absolute atomic E-state index is 0. The first-order valence-corrected chi connectivity index (χ1v) is 8.22. The van der Waals surface area contributed by atoms with E-state index in [0.717, 1.165) is 4.90 Å². The molecule has 1 aromatic carbocycles. The van der Waals surface area contributed by atoms with Gasteiger partial charge in [0.25, 0.3) is 5.91 Å². The van der Waals surface area contributed by atoms with E-state index < -0.39 is 23.3 Å². The lowest BCUT2D eigenvalue weighted by molar-refractivity contribution is -0.131. The number of hydrogen-bond donors (Lipinski definition) is 2. The van der Waals surface area contributed by atoms with Crippen LogP contribution in [0, 0.1) is 5.82 Å². The molecule has 2 heterocycles. The molecule has 2 aromatic rings. The molecule has 1 aliphatic heterocycles. The fraction of sp³-hybridized carbons (Fsp3) is 0.412. The zero-order chi connectivity index (χ0) is 18.9. The van der Waals surface area contributed by atoms with Gasteiger partial charge in [0.2, 0.25) is 5.89 Å². The van der Waals surface area contributed by atoms with Gasteiger partial charge in [-0.1, -0.05) is 17.3 Å². The number of urea groups is 1. The summed E-state index contributed by atoms with van der Waals surface area (Å²) in [6.07, 6.45) is 0.563. The molecular formula is C17H21ClFN5O3. The molecule has 27 heavy (non-hydrogen) atoms. The third-order valence-corrected chi connectivity index (χ3v) is 4.48. The van der Waals surface area contributed by atoms with Crippen molar-refractivity contribution in [2.24, 2.45) is 0 Å². The van der Waals surface area contributed by atoms with Gasteiger partial charge >= 0.3 is 6.03 Å². The Balaban J connectivity index is 0.00000261. The van der Waals surface area contributed by atoms with Crippen molar-refractivity contribution >= 4 is 24.3 Å². The molecule has 1 aromatic heterocycles. The summed E-state index contributed by atoms with van der Waals surface area (Å²) >= 11 is 0. The number of hydrogen-bond acceptors (Lipinski definition) is 6. The highest BCUT2D eigenvalue weighted by molar-refractivity contribution is 6.07. The van der Waals surface area contributed by atoms with Gasteiger partial charge in [-0.2, -0.15) is 4.98 Å². The SMILES string of the molecule is CNC(C)Cc1noc(CN2C(=O)NC(C)(c3ccc(F)cc3)C2=O)n1.Cl. The summed E-state index contributed by atoms with van der Waals surface area (Å²) in [5, 5.41) is 9.58. The van der Waals surface area contributed by atoms with E-state index in [2.05, 4.69) is 20.8 Å². The summed E-state index contributed by atoms with van der Waals surface area (Å²) in [6, 6.07) is 5.04. The van der Waals surface area contributed by atoms with Gasteiger partial charge in [-0.05, 0) is 38.6 Å². The van der Waals surface area contributed by atoms with E-state index in [0.29, 0.717) is 17.8 Å². The van der Waals surface area contributed by atoms with Crippen LogP contribution in [0.5, 0.6) is 0 Å². The van der Waals surface area contributed by atoms with Gasteiger partial charge in [-0.15, -0.1) is 12.4 Å². The number of benzene rings is 1. The molecule has 2 unspecified atom stereocenters. The van der Waals surface area contributed by atoms with Crippen molar-refractivity contribution in [1.29, 1.82) is 0 Å². The largest absolute Gasteiger partial charge is 0.337 e. The van der Waals surface area contributed by atoms with Gasteiger partial charge in [0, 0.05) is 12.5 Å². The second kappa shape index (κ2) is 8.01. The van der Waals surface area contributed by atoms with Crippen LogP contribution in [0.15, 0.2) is 28.8 Å². The highest BCUT2D eigenvalue weighted by atomic mass is 35.5. The average Bonchev–Trinajstić information content (AvgIpc) is 3.14. The molecule has 0 spiro atoms. The standard InChI is InChI=1S/C17H20FN5O3.ClH/c1-10(19-3)8-13-20-14(26-22-13)9-23-15(24)17(2,21-16(23)25)11-4-6-12(18)7-5-11;/h4-7,10,19H,8-9H2,1-3H3,(H,21,25);1H. The number of amides is 3. The Morgan fingerprint density at radius 2 is 2.00 bits per heavy atom. The van der Waals surface area contributed by atoms with Crippen molar-refractivity contribution in [2.75, 3.05) is 7.05 Å². The predicted octanol–water partition coefficient (Wildman–Crippen LogP) is 1.75. The number of nitrogens with one attached hydrogen (secondary N) is 2. The van der Waals surface area contributed by atoms with Gasteiger partial charge in [0.15, 0.2) is 5.82 Å². The van der Waals surface area contributed by atoms with Crippen LogP contribution in [-0.4, -0.2) is 40.1 Å². The minimum atomic E-state index is -1.27. The van der Waals surface area contributed by atoms with Gasteiger partial charge < -0.3 is 15.2 Å². The smallest absolute Gasteiger partial charge is 0.325 e. The number of likely N-dealkylation sites (N-methyl/N-ethyl adjacent to an activating group) is 1. The van der Waals surface area contributed by atoms with Crippen LogP contribution >= 0.6 is 12.4 Å². The van der Waals surface area contributed by atoms with Crippen LogP contribution in [-0.2, 0) is 23.3 Å². The Morgan fingerprint density at radius 1 is 1.33 bits per heavy atom. The summed E-state index contributed by atoms with van der Waals surface area (Å²) in [7, 11) is 1.83. The topological polar surface area (TPSA) is 100 Å². The molecule has 1 fully saturated rings. The fourth-order valence-electron chi connectivity index (χ4n) is 2.77. The minimum Gasteiger partial charge on any atom is -0.337 e. The Morgan fingerprint density at radius 3 is 2.63 bits per heavy atom. The highest BCUT2D eigenvalue weighted by Crippen LogP contribution is 2.29. The van der Waals surface area contributed by atoms with Crippen molar-refractivity contribution in [3.8, 4) is 0 Å².